The van der Waals surface area contributed by atoms with E-state index in [9.17, 15) is 4.79 Å². The quantitative estimate of drug-likeness (QED) is 0.735. The predicted molar refractivity (Wildman–Crippen MR) is 100 cm³/mol. The fourth-order valence-corrected chi connectivity index (χ4v) is 2.42. The summed E-state index contributed by atoms with van der Waals surface area (Å²) in [4.78, 5) is 17.9. The van der Waals surface area contributed by atoms with Crippen molar-refractivity contribution >= 4 is 12.0 Å². The van der Waals surface area contributed by atoms with Gasteiger partial charge in [0.15, 0.2) is 11.5 Å². The van der Waals surface area contributed by atoms with Crippen molar-refractivity contribution in [3.63, 3.8) is 0 Å². The molecule has 26 heavy (non-hydrogen) atoms. The van der Waals surface area contributed by atoms with Gasteiger partial charge in [-0.25, -0.2) is 0 Å². The molecule has 0 unspecified atom stereocenters. The van der Waals surface area contributed by atoms with Crippen LogP contribution >= 0.6 is 0 Å². The van der Waals surface area contributed by atoms with E-state index < -0.39 is 0 Å². The Hall–Kier alpha value is -2.86. The van der Waals surface area contributed by atoms with E-state index in [1.165, 1.54) is 6.08 Å². The Morgan fingerprint density at radius 2 is 1.92 bits per heavy atom. The number of pyridine rings is 1. The van der Waals surface area contributed by atoms with Crippen molar-refractivity contribution in [3.8, 4) is 11.5 Å². The van der Waals surface area contributed by atoms with Crippen LogP contribution in [0.5, 0.6) is 11.5 Å². The summed E-state index contributed by atoms with van der Waals surface area (Å²) in [6.45, 7) is 0.501. The Morgan fingerprint density at radius 3 is 2.62 bits per heavy atom. The number of likely N-dealkylation sites (N-methyl/N-ethyl adjacent to an activating group) is 1. The second-order valence-electron chi connectivity index (χ2n) is 5.82. The zero-order valence-electron chi connectivity index (χ0n) is 15.3. The van der Waals surface area contributed by atoms with E-state index in [0.717, 1.165) is 11.1 Å². The van der Waals surface area contributed by atoms with Gasteiger partial charge in [0.25, 0.3) is 0 Å². The van der Waals surface area contributed by atoms with Crippen LogP contribution in [-0.4, -0.2) is 48.7 Å². The highest BCUT2D eigenvalue weighted by atomic mass is 16.5. The van der Waals surface area contributed by atoms with Crippen molar-refractivity contribution in [3.05, 3.63) is 59.4 Å². The largest absolute Gasteiger partial charge is 0.493 e. The summed E-state index contributed by atoms with van der Waals surface area (Å²) in [7, 11) is 4.96. The first-order valence-corrected chi connectivity index (χ1v) is 8.26. The van der Waals surface area contributed by atoms with Crippen molar-refractivity contribution in [2.75, 3.05) is 27.8 Å². The van der Waals surface area contributed by atoms with E-state index in [1.807, 2.05) is 18.2 Å². The lowest BCUT2D eigenvalue weighted by molar-refractivity contribution is -0.124. The molecule has 0 aliphatic heterocycles. The highest BCUT2D eigenvalue weighted by Gasteiger charge is 2.08. The number of aliphatic hydroxyl groups excluding tert-OH is 1. The van der Waals surface area contributed by atoms with Crippen molar-refractivity contribution in [1.29, 1.82) is 0 Å². The SMILES string of the molecule is COc1ccc(CCN(C)C(=O)C=Cc2cncc(CO)c2)cc1OC. The number of aliphatic hydroxyl groups is 1. The first kappa shape index (κ1) is 19.5. The Balaban J connectivity index is 1.93. The van der Waals surface area contributed by atoms with Crippen LogP contribution in [0.15, 0.2) is 42.7 Å². The Labute approximate surface area is 153 Å². The molecule has 6 heteroatoms. The second kappa shape index (κ2) is 9.58. The van der Waals surface area contributed by atoms with Gasteiger partial charge in [-0.05, 0) is 47.4 Å². The first-order valence-electron chi connectivity index (χ1n) is 8.26. The summed E-state index contributed by atoms with van der Waals surface area (Å²) in [5, 5.41) is 9.12. The molecule has 0 fully saturated rings. The number of rotatable bonds is 8. The van der Waals surface area contributed by atoms with Crippen LogP contribution in [0.1, 0.15) is 16.7 Å². The third-order valence-corrected chi connectivity index (χ3v) is 3.98. The minimum atomic E-state index is -0.0973. The first-order chi connectivity index (χ1) is 12.6. The molecule has 2 rings (SSSR count). The lowest BCUT2D eigenvalue weighted by Crippen LogP contribution is -2.27. The number of nitrogens with zero attached hydrogens (tertiary/aromatic N) is 2. The van der Waals surface area contributed by atoms with E-state index in [0.29, 0.717) is 30.0 Å². The van der Waals surface area contributed by atoms with Gasteiger partial charge in [-0.2, -0.15) is 0 Å². The third-order valence-electron chi connectivity index (χ3n) is 3.98. The maximum atomic E-state index is 12.2. The monoisotopic (exact) mass is 356 g/mol. The van der Waals surface area contributed by atoms with E-state index >= 15 is 0 Å². The zero-order chi connectivity index (χ0) is 18.9. The number of hydrogen-bond donors (Lipinski definition) is 1. The van der Waals surface area contributed by atoms with Crippen LogP contribution in [0, 0.1) is 0 Å². The van der Waals surface area contributed by atoms with Crippen LogP contribution in [0.4, 0.5) is 0 Å². The second-order valence-corrected chi connectivity index (χ2v) is 5.82. The van der Waals surface area contributed by atoms with Crippen molar-refractivity contribution in [1.82, 2.24) is 9.88 Å². The van der Waals surface area contributed by atoms with Gasteiger partial charge in [-0.1, -0.05) is 6.07 Å². The van der Waals surface area contributed by atoms with E-state index in [-0.39, 0.29) is 12.5 Å². The van der Waals surface area contributed by atoms with Crippen molar-refractivity contribution in [2.24, 2.45) is 0 Å². The normalized spacial score (nSPS) is 10.8. The van der Waals surface area contributed by atoms with Crippen LogP contribution in [0.2, 0.25) is 0 Å². The molecule has 0 aliphatic carbocycles. The van der Waals surface area contributed by atoms with Crippen LogP contribution in [0.25, 0.3) is 6.08 Å². The number of benzene rings is 1. The minimum absolute atomic E-state index is 0.0755. The molecule has 1 aromatic heterocycles. The molecule has 2 aromatic rings. The Morgan fingerprint density at radius 1 is 1.15 bits per heavy atom. The third kappa shape index (κ3) is 5.32. The highest BCUT2D eigenvalue weighted by molar-refractivity contribution is 5.91. The molecule has 0 saturated heterocycles. The number of carbonyl (C=O) groups is 1. The van der Waals surface area contributed by atoms with Gasteiger partial charge in [0.2, 0.25) is 5.91 Å². The van der Waals surface area contributed by atoms with E-state index in [4.69, 9.17) is 14.6 Å². The summed E-state index contributed by atoms with van der Waals surface area (Å²) in [6, 6.07) is 7.53. The number of methoxy groups -OCH3 is 2. The van der Waals surface area contributed by atoms with Gasteiger partial charge in [0.05, 0.1) is 20.8 Å². The molecule has 0 spiro atoms. The molecule has 0 atom stereocenters. The Bertz CT molecular complexity index is 774. The highest BCUT2D eigenvalue weighted by Crippen LogP contribution is 2.27. The van der Waals surface area contributed by atoms with Crippen LogP contribution in [0.3, 0.4) is 0 Å². The summed E-state index contributed by atoms with van der Waals surface area (Å²) in [5.74, 6) is 1.26. The summed E-state index contributed by atoms with van der Waals surface area (Å²) < 4.78 is 10.5. The number of hydrogen-bond acceptors (Lipinski definition) is 5. The number of ether oxygens (including phenoxy) is 2. The minimum Gasteiger partial charge on any atom is -0.493 e. The zero-order valence-corrected chi connectivity index (χ0v) is 15.3. The average Bonchev–Trinajstić information content (AvgIpc) is 2.69. The summed E-state index contributed by atoms with van der Waals surface area (Å²) >= 11 is 0. The number of amides is 1. The molecule has 1 N–H and O–H groups in total. The molecule has 0 saturated carbocycles. The lowest BCUT2D eigenvalue weighted by atomic mass is 10.1. The molecular formula is C20H24N2O4. The van der Waals surface area contributed by atoms with E-state index in [1.54, 1.807) is 50.7 Å². The molecule has 1 heterocycles. The smallest absolute Gasteiger partial charge is 0.246 e. The summed E-state index contributed by atoms with van der Waals surface area (Å²) in [6.07, 6.45) is 7.15. The molecule has 1 aromatic carbocycles. The topological polar surface area (TPSA) is 71.9 Å². The molecule has 0 radical (unpaired) electrons. The Kier molecular flexibility index (Phi) is 7.17. The maximum absolute atomic E-state index is 12.2. The molecule has 1 amide bonds. The molecule has 0 aliphatic rings. The maximum Gasteiger partial charge on any atom is 0.246 e. The predicted octanol–water partition coefficient (Wildman–Crippen LogP) is 2.31. The van der Waals surface area contributed by atoms with Gasteiger partial charge in [0, 0.05) is 32.1 Å². The van der Waals surface area contributed by atoms with Crippen molar-refractivity contribution < 1.29 is 19.4 Å². The van der Waals surface area contributed by atoms with E-state index in [2.05, 4.69) is 4.98 Å². The molecule has 138 valence electrons. The molecular weight excluding hydrogens is 332 g/mol. The van der Waals surface area contributed by atoms with Gasteiger partial charge in [0.1, 0.15) is 0 Å². The van der Waals surface area contributed by atoms with Crippen LogP contribution < -0.4 is 9.47 Å². The van der Waals surface area contributed by atoms with Crippen LogP contribution in [-0.2, 0) is 17.8 Å². The molecule has 6 nitrogen and oxygen atoms in total. The standard InChI is InChI=1S/C20H24N2O4/c1-22(9-8-15-4-6-18(25-2)19(11-15)26-3)20(24)7-5-16-10-17(14-23)13-21-12-16/h4-7,10-13,23H,8-9,14H2,1-3H3. The van der Waals surface area contributed by atoms with Crippen molar-refractivity contribution in [2.45, 2.75) is 13.0 Å². The fraction of sp³-hybridized carbons (Fsp3) is 0.300. The number of aromatic nitrogens is 1. The summed E-state index contributed by atoms with van der Waals surface area (Å²) in [5.41, 5.74) is 2.55. The molecule has 0 bridgehead atoms. The fourth-order valence-electron chi connectivity index (χ4n) is 2.42. The average molecular weight is 356 g/mol. The lowest BCUT2D eigenvalue weighted by Gasteiger charge is -2.16. The van der Waals surface area contributed by atoms with Gasteiger partial charge < -0.3 is 19.5 Å². The van der Waals surface area contributed by atoms with Gasteiger partial charge in [-0.3, -0.25) is 9.78 Å². The number of carbonyl (C=O) groups excluding carboxylic acids is 1. The van der Waals surface area contributed by atoms with Gasteiger partial charge in [-0.15, -0.1) is 0 Å². The van der Waals surface area contributed by atoms with Gasteiger partial charge >= 0.3 is 0 Å².